The maximum atomic E-state index is 13.2. The minimum absolute atomic E-state index is 0.112. The first-order valence-corrected chi connectivity index (χ1v) is 13.2. The third-order valence-electron chi connectivity index (χ3n) is 5.96. The van der Waals surface area contributed by atoms with Crippen LogP contribution >= 0.6 is 0 Å². The average molecular weight is 496 g/mol. The zero-order chi connectivity index (χ0) is 25.2. The Kier molecular flexibility index (Phi) is 6.89. The summed E-state index contributed by atoms with van der Waals surface area (Å²) in [6.45, 7) is 10.0. The monoisotopic (exact) mass is 495 g/mol. The Bertz CT molecular complexity index is 1300. The van der Waals surface area contributed by atoms with E-state index in [0.29, 0.717) is 17.3 Å². The molecule has 1 aliphatic heterocycles. The molecule has 1 saturated heterocycles. The second-order valence-corrected chi connectivity index (χ2v) is 11.5. The number of ether oxygens (including phenoxy) is 1. The van der Waals surface area contributed by atoms with Gasteiger partial charge in [0.25, 0.3) is 10.0 Å². The molecule has 2 heterocycles. The SMILES string of the molecule is COc1ccc(C(C)(C)C)cc1S(=O)(=O)Nc1ccc(Nc2cc(C)nc(N3CCCC3)n2)cc1. The summed E-state index contributed by atoms with van der Waals surface area (Å²) in [5.74, 6) is 1.74. The van der Waals surface area contributed by atoms with Crippen LogP contribution in [0.3, 0.4) is 0 Å². The molecule has 0 bridgehead atoms. The second-order valence-electron chi connectivity index (χ2n) is 9.81. The third-order valence-corrected chi connectivity index (χ3v) is 7.36. The number of rotatable bonds is 7. The van der Waals surface area contributed by atoms with Crippen LogP contribution < -0.4 is 19.7 Å². The van der Waals surface area contributed by atoms with Gasteiger partial charge in [-0.3, -0.25) is 4.72 Å². The number of nitrogens with zero attached hydrogens (tertiary/aromatic N) is 3. The lowest BCUT2D eigenvalue weighted by Gasteiger charge is -2.21. The lowest BCUT2D eigenvalue weighted by Crippen LogP contribution is -2.21. The molecule has 0 radical (unpaired) electrons. The standard InChI is InChI=1S/C26H33N5O3S/c1-18-16-24(29-25(27-18)31-14-6-7-15-31)28-20-9-11-21(12-10-20)30-35(32,33)23-17-19(26(2,3)4)8-13-22(23)34-5/h8-13,16-17,30H,6-7,14-15H2,1-5H3,(H,27,28,29). The van der Waals surface area contributed by atoms with Gasteiger partial charge < -0.3 is 15.0 Å². The Morgan fingerprint density at radius 1 is 0.943 bits per heavy atom. The van der Waals surface area contributed by atoms with Crippen molar-refractivity contribution in [3.63, 3.8) is 0 Å². The van der Waals surface area contributed by atoms with Crippen molar-refractivity contribution in [3.05, 3.63) is 59.8 Å². The second kappa shape index (κ2) is 9.73. The molecule has 3 aromatic rings. The van der Waals surface area contributed by atoms with Gasteiger partial charge in [-0.2, -0.15) is 4.98 Å². The molecule has 186 valence electrons. The maximum Gasteiger partial charge on any atom is 0.265 e. The Labute approximate surface area is 207 Å². The highest BCUT2D eigenvalue weighted by Gasteiger charge is 2.24. The Morgan fingerprint density at radius 3 is 2.23 bits per heavy atom. The van der Waals surface area contributed by atoms with Crippen molar-refractivity contribution in [3.8, 4) is 5.75 Å². The number of benzene rings is 2. The fourth-order valence-electron chi connectivity index (χ4n) is 4.01. The van der Waals surface area contributed by atoms with Crippen molar-refractivity contribution in [1.29, 1.82) is 0 Å². The van der Waals surface area contributed by atoms with E-state index in [4.69, 9.17) is 4.74 Å². The highest BCUT2D eigenvalue weighted by Crippen LogP contribution is 2.32. The Balaban J connectivity index is 1.52. The molecule has 0 amide bonds. The predicted octanol–water partition coefficient (Wildman–Crippen LogP) is 5.24. The number of nitrogens with one attached hydrogen (secondary N) is 2. The number of hydrogen-bond acceptors (Lipinski definition) is 7. The molecule has 35 heavy (non-hydrogen) atoms. The average Bonchev–Trinajstić information content (AvgIpc) is 3.34. The van der Waals surface area contributed by atoms with E-state index in [1.807, 2.05) is 52.0 Å². The number of sulfonamides is 1. The van der Waals surface area contributed by atoms with Gasteiger partial charge in [-0.05, 0) is 67.1 Å². The topological polar surface area (TPSA) is 96.5 Å². The number of aromatic nitrogens is 2. The molecule has 0 saturated carbocycles. The number of hydrogen-bond donors (Lipinski definition) is 2. The normalized spacial score (nSPS) is 14.1. The van der Waals surface area contributed by atoms with Crippen LogP contribution in [0.4, 0.5) is 23.1 Å². The van der Waals surface area contributed by atoms with Crippen molar-refractivity contribution in [2.45, 2.75) is 50.8 Å². The van der Waals surface area contributed by atoms with Gasteiger partial charge in [0.05, 0.1) is 7.11 Å². The molecular weight excluding hydrogens is 462 g/mol. The van der Waals surface area contributed by atoms with E-state index in [2.05, 4.69) is 24.9 Å². The molecule has 2 aromatic carbocycles. The van der Waals surface area contributed by atoms with E-state index >= 15 is 0 Å². The van der Waals surface area contributed by atoms with Crippen LogP contribution in [0.15, 0.2) is 53.4 Å². The van der Waals surface area contributed by atoms with E-state index < -0.39 is 10.0 Å². The van der Waals surface area contributed by atoms with Crippen molar-refractivity contribution < 1.29 is 13.2 Å². The molecule has 9 heteroatoms. The van der Waals surface area contributed by atoms with Gasteiger partial charge in [-0.1, -0.05) is 26.8 Å². The first-order valence-electron chi connectivity index (χ1n) is 11.7. The molecule has 1 aliphatic rings. The third kappa shape index (κ3) is 5.85. The van der Waals surface area contributed by atoms with Gasteiger partial charge in [0.2, 0.25) is 5.95 Å². The lowest BCUT2D eigenvalue weighted by molar-refractivity contribution is 0.402. The maximum absolute atomic E-state index is 13.2. The van der Waals surface area contributed by atoms with Gasteiger partial charge in [0.15, 0.2) is 0 Å². The van der Waals surface area contributed by atoms with Crippen molar-refractivity contribution in [2.24, 2.45) is 0 Å². The fourth-order valence-corrected chi connectivity index (χ4v) is 5.26. The van der Waals surface area contributed by atoms with Crippen LogP contribution in [0.25, 0.3) is 0 Å². The van der Waals surface area contributed by atoms with Gasteiger partial charge in [0.1, 0.15) is 16.5 Å². The minimum Gasteiger partial charge on any atom is -0.495 e. The quantitative estimate of drug-likeness (QED) is 0.463. The Morgan fingerprint density at radius 2 is 1.60 bits per heavy atom. The van der Waals surface area contributed by atoms with Crippen molar-refractivity contribution in [1.82, 2.24) is 9.97 Å². The molecule has 1 fully saturated rings. The summed E-state index contributed by atoms with van der Waals surface area (Å²) >= 11 is 0. The van der Waals surface area contributed by atoms with Crippen LogP contribution in [0.2, 0.25) is 0 Å². The van der Waals surface area contributed by atoms with Crippen LogP contribution in [-0.2, 0) is 15.4 Å². The van der Waals surface area contributed by atoms with E-state index in [-0.39, 0.29) is 10.3 Å². The molecule has 0 spiro atoms. The molecule has 0 atom stereocenters. The van der Waals surface area contributed by atoms with Crippen LogP contribution in [0.5, 0.6) is 5.75 Å². The summed E-state index contributed by atoms with van der Waals surface area (Å²) in [7, 11) is -2.39. The van der Waals surface area contributed by atoms with E-state index in [1.165, 1.54) is 7.11 Å². The van der Waals surface area contributed by atoms with Gasteiger partial charge in [0, 0.05) is 36.2 Å². The van der Waals surface area contributed by atoms with Gasteiger partial charge >= 0.3 is 0 Å². The van der Waals surface area contributed by atoms with Crippen molar-refractivity contribution >= 4 is 33.2 Å². The zero-order valence-corrected chi connectivity index (χ0v) is 21.7. The summed E-state index contributed by atoms with van der Waals surface area (Å²) in [5.41, 5.74) is 2.85. The first-order chi connectivity index (χ1) is 16.5. The summed E-state index contributed by atoms with van der Waals surface area (Å²) in [4.78, 5) is 11.5. The fraction of sp³-hybridized carbons (Fsp3) is 0.385. The molecule has 4 rings (SSSR count). The molecular formula is C26H33N5O3S. The number of anilines is 4. The number of aryl methyl sites for hydroxylation is 1. The summed E-state index contributed by atoms with van der Waals surface area (Å²) < 4.78 is 34.4. The van der Waals surface area contributed by atoms with E-state index in [9.17, 15) is 8.42 Å². The molecule has 2 N–H and O–H groups in total. The molecule has 1 aromatic heterocycles. The summed E-state index contributed by atoms with van der Waals surface area (Å²) in [6, 6.07) is 14.2. The lowest BCUT2D eigenvalue weighted by atomic mass is 9.87. The predicted molar refractivity (Wildman–Crippen MR) is 140 cm³/mol. The highest BCUT2D eigenvalue weighted by molar-refractivity contribution is 7.92. The van der Waals surface area contributed by atoms with Gasteiger partial charge in [-0.15, -0.1) is 0 Å². The van der Waals surface area contributed by atoms with E-state index in [1.54, 1.807) is 24.3 Å². The van der Waals surface area contributed by atoms with Crippen LogP contribution in [0, 0.1) is 6.92 Å². The van der Waals surface area contributed by atoms with Crippen LogP contribution in [0.1, 0.15) is 44.9 Å². The van der Waals surface area contributed by atoms with Gasteiger partial charge in [-0.25, -0.2) is 13.4 Å². The summed E-state index contributed by atoms with van der Waals surface area (Å²) in [6.07, 6.45) is 2.31. The summed E-state index contributed by atoms with van der Waals surface area (Å²) in [5, 5.41) is 3.30. The van der Waals surface area contributed by atoms with Crippen molar-refractivity contribution in [2.75, 3.05) is 35.1 Å². The number of methoxy groups -OCH3 is 1. The Hall–Kier alpha value is -3.33. The molecule has 0 aliphatic carbocycles. The molecule has 8 nitrogen and oxygen atoms in total. The zero-order valence-electron chi connectivity index (χ0n) is 20.9. The largest absolute Gasteiger partial charge is 0.495 e. The van der Waals surface area contributed by atoms with E-state index in [0.717, 1.165) is 48.8 Å². The molecule has 0 unspecified atom stereocenters. The minimum atomic E-state index is -3.85. The highest BCUT2D eigenvalue weighted by atomic mass is 32.2. The first kappa shape index (κ1) is 24.8. The smallest absolute Gasteiger partial charge is 0.265 e. The van der Waals surface area contributed by atoms with Crippen LogP contribution in [-0.4, -0.2) is 38.6 Å².